The van der Waals surface area contributed by atoms with Crippen LogP contribution in [-0.2, 0) is 11.2 Å². The summed E-state index contributed by atoms with van der Waals surface area (Å²) in [5.41, 5.74) is 1.57. The molecule has 0 heterocycles. The molecule has 0 fully saturated rings. The monoisotopic (exact) mass is 260 g/mol. The third-order valence-corrected chi connectivity index (χ3v) is 2.39. The molecule has 2 amide bonds. The first-order valence-corrected chi connectivity index (χ1v) is 5.91. The summed E-state index contributed by atoms with van der Waals surface area (Å²) in [6.45, 7) is 0.430. The minimum atomic E-state index is -0.824. The molecule has 0 spiro atoms. The molecular formula is C14H16N2O3. The molecule has 0 bridgehead atoms. The molecule has 0 aromatic heterocycles. The number of aryl methyl sites for hydroxylation is 1. The topological polar surface area (TPSA) is 78.4 Å². The zero-order valence-electron chi connectivity index (χ0n) is 10.5. The smallest absolute Gasteiger partial charge is 0.319 e. The highest BCUT2D eigenvalue weighted by Gasteiger charge is 2.02. The number of hydrogen-bond donors (Lipinski definition) is 3. The Morgan fingerprint density at radius 1 is 1.26 bits per heavy atom. The van der Waals surface area contributed by atoms with E-state index in [9.17, 15) is 9.59 Å². The summed E-state index contributed by atoms with van der Waals surface area (Å²) in [6, 6.07) is 6.74. The van der Waals surface area contributed by atoms with Crippen LogP contribution in [0.4, 0.5) is 10.5 Å². The SMILES string of the molecule is C#CCCNC(=O)Nc1ccc(CCC(=O)O)cc1. The third-order valence-electron chi connectivity index (χ3n) is 2.39. The van der Waals surface area contributed by atoms with Gasteiger partial charge in [0.25, 0.3) is 0 Å². The Kier molecular flexibility index (Phi) is 5.96. The van der Waals surface area contributed by atoms with Crippen LogP contribution in [0.3, 0.4) is 0 Å². The number of rotatable bonds is 6. The Labute approximate surface area is 112 Å². The maximum absolute atomic E-state index is 11.4. The van der Waals surface area contributed by atoms with Crippen molar-refractivity contribution in [2.24, 2.45) is 0 Å². The molecule has 0 saturated carbocycles. The molecule has 1 aromatic rings. The molecule has 0 aliphatic carbocycles. The molecule has 0 aliphatic rings. The number of carbonyl (C=O) groups excluding carboxylic acids is 1. The molecule has 1 rings (SSSR count). The molecule has 100 valence electrons. The standard InChI is InChI=1S/C14H16N2O3/c1-2-3-10-15-14(19)16-12-7-4-11(5-8-12)6-9-13(17)18/h1,4-5,7-8H,3,6,9-10H2,(H,17,18)(H2,15,16,19). The normalized spacial score (nSPS) is 9.42. The van der Waals surface area contributed by atoms with Gasteiger partial charge in [0.15, 0.2) is 0 Å². The maximum atomic E-state index is 11.4. The molecule has 5 heteroatoms. The summed E-state index contributed by atoms with van der Waals surface area (Å²) >= 11 is 0. The number of urea groups is 1. The molecule has 0 atom stereocenters. The lowest BCUT2D eigenvalue weighted by atomic mass is 10.1. The van der Waals surface area contributed by atoms with Gasteiger partial charge >= 0.3 is 12.0 Å². The summed E-state index contributed by atoms with van der Waals surface area (Å²) < 4.78 is 0. The summed E-state index contributed by atoms with van der Waals surface area (Å²) in [4.78, 5) is 21.8. The predicted octanol–water partition coefficient (Wildman–Crippen LogP) is 1.85. The molecule has 3 N–H and O–H groups in total. The van der Waals surface area contributed by atoms with Crippen molar-refractivity contribution >= 4 is 17.7 Å². The van der Waals surface area contributed by atoms with Gasteiger partial charge in [-0.2, -0.15) is 0 Å². The van der Waals surface area contributed by atoms with E-state index in [1.165, 1.54) is 0 Å². The highest BCUT2D eigenvalue weighted by Crippen LogP contribution is 2.10. The van der Waals surface area contributed by atoms with Crippen molar-refractivity contribution in [3.05, 3.63) is 29.8 Å². The van der Waals surface area contributed by atoms with Gasteiger partial charge in [-0.15, -0.1) is 12.3 Å². The van der Waals surface area contributed by atoms with Gasteiger partial charge in [-0.3, -0.25) is 4.79 Å². The predicted molar refractivity (Wildman–Crippen MR) is 72.9 cm³/mol. The number of nitrogens with one attached hydrogen (secondary N) is 2. The van der Waals surface area contributed by atoms with Crippen molar-refractivity contribution in [3.63, 3.8) is 0 Å². The quantitative estimate of drug-likeness (QED) is 0.539. The average Bonchev–Trinajstić information content (AvgIpc) is 2.38. The molecule has 0 unspecified atom stereocenters. The van der Waals surface area contributed by atoms with Gasteiger partial charge in [0, 0.05) is 25.1 Å². The summed E-state index contributed by atoms with van der Waals surface area (Å²) in [6.07, 6.45) is 6.13. The van der Waals surface area contributed by atoms with Crippen molar-refractivity contribution in [1.29, 1.82) is 0 Å². The first-order valence-electron chi connectivity index (χ1n) is 5.91. The summed E-state index contributed by atoms with van der Waals surface area (Å²) in [7, 11) is 0. The summed E-state index contributed by atoms with van der Waals surface area (Å²) in [5.74, 6) is 1.60. The van der Waals surface area contributed by atoms with E-state index in [4.69, 9.17) is 11.5 Å². The molecule has 0 saturated heterocycles. The van der Waals surface area contributed by atoms with Crippen molar-refractivity contribution < 1.29 is 14.7 Å². The molecule has 1 aromatic carbocycles. The van der Waals surface area contributed by atoms with Crippen LogP contribution in [0, 0.1) is 12.3 Å². The number of carbonyl (C=O) groups is 2. The number of terminal acetylenes is 1. The van der Waals surface area contributed by atoms with Gasteiger partial charge < -0.3 is 15.7 Å². The third kappa shape index (κ3) is 6.13. The first-order chi connectivity index (χ1) is 9.11. The molecule has 0 aliphatic heterocycles. The fraction of sp³-hybridized carbons (Fsp3) is 0.286. The van der Waals surface area contributed by atoms with Gasteiger partial charge in [0.2, 0.25) is 0 Å². The van der Waals surface area contributed by atoms with E-state index in [-0.39, 0.29) is 12.5 Å². The summed E-state index contributed by atoms with van der Waals surface area (Å²) in [5, 5.41) is 13.8. The van der Waals surface area contributed by atoms with Crippen molar-refractivity contribution in [2.75, 3.05) is 11.9 Å². The van der Waals surface area contributed by atoms with Crippen LogP contribution in [0.15, 0.2) is 24.3 Å². The van der Waals surface area contributed by atoms with Crippen molar-refractivity contribution in [3.8, 4) is 12.3 Å². The number of hydrogen-bond acceptors (Lipinski definition) is 2. The van der Waals surface area contributed by atoms with Gasteiger partial charge in [-0.1, -0.05) is 12.1 Å². The van der Waals surface area contributed by atoms with Gasteiger partial charge in [0.05, 0.1) is 0 Å². The van der Waals surface area contributed by atoms with Gasteiger partial charge in [-0.05, 0) is 24.1 Å². The number of carboxylic acids is 1. The lowest BCUT2D eigenvalue weighted by Crippen LogP contribution is -2.29. The van der Waals surface area contributed by atoms with E-state index in [2.05, 4.69) is 16.6 Å². The van der Waals surface area contributed by atoms with Crippen LogP contribution < -0.4 is 10.6 Å². The number of amides is 2. The lowest BCUT2D eigenvalue weighted by molar-refractivity contribution is -0.136. The Bertz CT molecular complexity index is 474. The Balaban J connectivity index is 2.41. The van der Waals surface area contributed by atoms with E-state index >= 15 is 0 Å². The Morgan fingerprint density at radius 2 is 1.95 bits per heavy atom. The fourth-order valence-electron chi connectivity index (χ4n) is 1.43. The van der Waals surface area contributed by atoms with Gasteiger partial charge in [-0.25, -0.2) is 4.79 Å². The zero-order chi connectivity index (χ0) is 14.1. The van der Waals surface area contributed by atoms with E-state index < -0.39 is 5.97 Å². The van der Waals surface area contributed by atoms with Crippen LogP contribution in [0.1, 0.15) is 18.4 Å². The fourth-order valence-corrected chi connectivity index (χ4v) is 1.43. The van der Waals surface area contributed by atoms with Gasteiger partial charge in [0.1, 0.15) is 0 Å². The number of anilines is 1. The minimum absolute atomic E-state index is 0.0966. The maximum Gasteiger partial charge on any atom is 0.319 e. The molecule has 5 nitrogen and oxygen atoms in total. The van der Waals surface area contributed by atoms with Crippen molar-refractivity contribution in [2.45, 2.75) is 19.3 Å². The zero-order valence-corrected chi connectivity index (χ0v) is 10.5. The number of carboxylic acid groups (broad SMARTS) is 1. The second kappa shape index (κ2) is 7.77. The van der Waals surface area contributed by atoms with E-state index in [0.717, 1.165) is 5.56 Å². The van der Waals surface area contributed by atoms with Crippen LogP contribution in [0.25, 0.3) is 0 Å². The number of benzene rings is 1. The molecule has 19 heavy (non-hydrogen) atoms. The highest BCUT2D eigenvalue weighted by molar-refractivity contribution is 5.89. The Hall–Kier alpha value is -2.48. The van der Waals surface area contributed by atoms with E-state index in [1.54, 1.807) is 24.3 Å². The van der Waals surface area contributed by atoms with Crippen LogP contribution in [0.5, 0.6) is 0 Å². The van der Waals surface area contributed by atoms with Crippen LogP contribution >= 0.6 is 0 Å². The second-order valence-electron chi connectivity index (χ2n) is 3.93. The van der Waals surface area contributed by atoms with Crippen molar-refractivity contribution in [1.82, 2.24) is 5.32 Å². The first kappa shape index (κ1) is 14.6. The average molecular weight is 260 g/mol. The second-order valence-corrected chi connectivity index (χ2v) is 3.93. The van der Waals surface area contributed by atoms with E-state index in [0.29, 0.717) is 25.1 Å². The minimum Gasteiger partial charge on any atom is -0.481 e. The largest absolute Gasteiger partial charge is 0.481 e. The lowest BCUT2D eigenvalue weighted by Gasteiger charge is -2.07. The van der Waals surface area contributed by atoms with Crippen LogP contribution in [0.2, 0.25) is 0 Å². The van der Waals surface area contributed by atoms with E-state index in [1.807, 2.05) is 0 Å². The highest BCUT2D eigenvalue weighted by atomic mass is 16.4. The Morgan fingerprint density at radius 3 is 2.53 bits per heavy atom. The molecule has 0 radical (unpaired) electrons. The molecular weight excluding hydrogens is 244 g/mol. The van der Waals surface area contributed by atoms with Crippen LogP contribution in [-0.4, -0.2) is 23.7 Å². The number of aliphatic carboxylic acids is 1.